The second-order valence-electron chi connectivity index (χ2n) is 3.95. The molecule has 0 aliphatic rings. The van der Waals surface area contributed by atoms with Crippen LogP contribution in [-0.2, 0) is 0 Å². The molecule has 0 aromatic heterocycles. The Bertz CT molecular complexity index is 434. The summed E-state index contributed by atoms with van der Waals surface area (Å²) >= 11 is 4.81. The van der Waals surface area contributed by atoms with Crippen LogP contribution < -0.4 is 5.73 Å². The van der Waals surface area contributed by atoms with Gasteiger partial charge in [-0.1, -0.05) is 24.4 Å². The number of hydrogen-bond donors (Lipinski definition) is 2. The Morgan fingerprint density at radius 1 is 1.53 bits per heavy atom. The molecule has 0 aliphatic heterocycles. The summed E-state index contributed by atoms with van der Waals surface area (Å²) in [5, 5.41) is 9.60. The molecule has 0 saturated heterocycles. The van der Waals surface area contributed by atoms with Crippen molar-refractivity contribution in [3.05, 3.63) is 29.8 Å². The second-order valence-corrected chi connectivity index (χ2v) is 4.48. The summed E-state index contributed by atoms with van der Waals surface area (Å²) in [6, 6.07) is 6.35. The van der Waals surface area contributed by atoms with Crippen molar-refractivity contribution in [2.75, 3.05) is 7.05 Å². The smallest absolute Gasteiger partial charge is 0.257 e. The zero-order valence-corrected chi connectivity index (χ0v) is 10.7. The first-order chi connectivity index (χ1) is 7.93. The molecule has 1 atom stereocenters. The van der Waals surface area contributed by atoms with E-state index in [9.17, 15) is 9.90 Å². The van der Waals surface area contributed by atoms with E-state index in [4.69, 9.17) is 18.0 Å². The van der Waals surface area contributed by atoms with Gasteiger partial charge < -0.3 is 15.7 Å². The van der Waals surface area contributed by atoms with Crippen LogP contribution in [0.25, 0.3) is 0 Å². The number of rotatable bonds is 4. The minimum atomic E-state index is -0.244. The number of aromatic hydroxyl groups is 1. The van der Waals surface area contributed by atoms with Gasteiger partial charge in [0.15, 0.2) is 0 Å². The SMILES string of the molecule is CC(CC(N)=S)N(C)C(=O)c1ccccc1O. The number of hydrogen-bond acceptors (Lipinski definition) is 3. The molecule has 0 fully saturated rings. The average Bonchev–Trinajstić information content (AvgIpc) is 2.27. The molecule has 1 amide bonds. The standard InChI is InChI=1S/C12H16N2O2S/c1-8(7-11(13)17)14(2)12(16)9-5-3-4-6-10(9)15/h3-6,8,15H,7H2,1-2H3,(H2,13,17). The lowest BCUT2D eigenvalue weighted by atomic mass is 10.1. The minimum Gasteiger partial charge on any atom is -0.507 e. The number of amides is 1. The Hall–Kier alpha value is -1.62. The third-order valence-corrected chi connectivity index (χ3v) is 2.78. The Morgan fingerprint density at radius 3 is 2.65 bits per heavy atom. The maximum absolute atomic E-state index is 12.1. The van der Waals surface area contributed by atoms with E-state index in [-0.39, 0.29) is 23.3 Å². The largest absolute Gasteiger partial charge is 0.507 e. The second kappa shape index (κ2) is 5.63. The van der Waals surface area contributed by atoms with Gasteiger partial charge in [-0.3, -0.25) is 4.79 Å². The van der Waals surface area contributed by atoms with E-state index >= 15 is 0 Å². The number of carbonyl (C=O) groups is 1. The molecular formula is C12H16N2O2S. The Kier molecular flexibility index (Phi) is 4.45. The summed E-state index contributed by atoms with van der Waals surface area (Å²) in [5.74, 6) is -0.265. The van der Waals surface area contributed by atoms with E-state index in [1.807, 2.05) is 6.92 Å². The molecule has 0 spiro atoms. The van der Waals surface area contributed by atoms with E-state index in [2.05, 4.69) is 0 Å². The van der Waals surface area contributed by atoms with Gasteiger partial charge in [0.1, 0.15) is 5.75 Å². The first-order valence-corrected chi connectivity index (χ1v) is 5.67. The zero-order valence-electron chi connectivity index (χ0n) is 9.88. The van der Waals surface area contributed by atoms with Crippen molar-refractivity contribution >= 4 is 23.1 Å². The van der Waals surface area contributed by atoms with Gasteiger partial charge in [-0.05, 0) is 19.1 Å². The highest BCUT2D eigenvalue weighted by molar-refractivity contribution is 7.80. The molecule has 17 heavy (non-hydrogen) atoms. The fourth-order valence-electron chi connectivity index (χ4n) is 1.47. The molecular weight excluding hydrogens is 236 g/mol. The van der Waals surface area contributed by atoms with E-state index in [1.54, 1.807) is 25.2 Å². The van der Waals surface area contributed by atoms with Crippen molar-refractivity contribution in [2.45, 2.75) is 19.4 Å². The van der Waals surface area contributed by atoms with Crippen LogP contribution in [0.15, 0.2) is 24.3 Å². The Balaban J connectivity index is 2.83. The highest BCUT2D eigenvalue weighted by Crippen LogP contribution is 2.18. The maximum Gasteiger partial charge on any atom is 0.257 e. The van der Waals surface area contributed by atoms with Gasteiger partial charge in [0, 0.05) is 19.5 Å². The summed E-state index contributed by atoms with van der Waals surface area (Å²) in [7, 11) is 1.66. The summed E-state index contributed by atoms with van der Waals surface area (Å²) in [6.45, 7) is 1.86. The Morgan fingerprint density at radius 2 is 2.12 bits per heavy atom. The fourth-order valence-corrected chi connectivity index (χ4v) is 1.71. The van der Waals surface area contributed by atoms with E-state index in [1.165, 1.54) is 11.0 Å². The lowest BCUT2D eigenvalue weighted by Gasteiger charge is -2.24. The van der Waals surface area contributed by atoms with Crippen molar-refractivity contribution in [1.82, 2.24) is 4.90 Å². The number of nitrogens with zero attached hydrogens (tertiary/aromatic N) is 1. The number of phenolic OH excluding ortho intramolecular Hbond substituents is 1. The van der Waals surface area contributed by atoms with Gasteiger partial charge in [-0.15, -0.1) is 0 Å². The first kappa shape index (κ1) is 13.4. The number of benzene rings is 1. The van der Waals surface area contributed by atoms with Crippen LogP contribution in [-0.4, -0.2) is 34.0 Å². The first-order valence-electron chi connectivity index (χ1n) is 5.27. The number of thiocarbonyl (C=S) groups is 1. The van der Waals surface area contributed by atoms with Crippen LogP contribution in [0.4, 0.5) is 0 Å². The van der Waals surface area contributed by atoms with Crippen LogP contribution in [0, 0.1) is 0 Å². The molecule has 5 heteroatoms. The van der Waals surface area contributed by atoms with Gasteiger partial charge in [-0.25, -0.2) is 0 Å². The molecule has 0 bridgehead atoms. The molecule has 1 aromatic carbocycles. The van der Waals surface area contributed by atoms with Gasteiger partial charge in [-0.2, -0.15) is 0 Å². The molecule has 1 unspecified atom stereocenters. The molecule has 92 valence electrons. The zero-order chi connectivity index (χ0) is 13.0. The van der Waals surface area contributed by atoms with Crippen LogP contribution in [0.5, 0.6) is 5.75 Å². The number of nitrogens with two attached hydrogens (primary N) is 1. The van der Waals surface area contributed by atoms with E-state index in [0.29, 0.717) is 11.4 Å². The van der Waals surface area contributed by atoms with Crippen LogP contribution in [0.3, 0.4) is 0 Å². The van der Waals surface area contributed by atoms with Crippen molar-refractivity contribution in [2.24, 2.45) is 5.73 Å². The number of phenols is 1. The summed E-state index contributed by atoms with van der Waals surface area (Å²) in [5.41, 5.74) is 5.73. The van der Waals surface area contributed by atoms with E-state index in [0.717, 1.165) is 0 Å². The molecule has 0 aliphatic carbocycles. The monoisotopic (exact) mass is 252 g/mol. The van der Waals surface area contributed by atoms with Gasteiger partial charge in [0.05, 0.1) is 10.6 Å². The van der Waals surface area contributed by atoms with Crippen molar-refractivity contribution in [1.29, 1.82) is 0 Å². The maximum atomic E-state index is 12.1. The molecule has 1 rings (SSSR count). The van der Waals surface area contributed by atoms with Gasteiger partial charge in [0.25, 0.3) is 5.91 Å². The molecule has 4 nitrogen and oxygen atoms in total. The predicted octanol–water partition coefficient (Wildman–Crippen LogP) is 1.53. The third-order valence-electron chi connectivity index (χ3n) is 2.61. The molecule has 3 N–H and O–H groups in total. The lowest BCUT2D eigenvalue weighted by molar-refractivity contribution is 0.0745. The summed E-state index contributed by atoms with van der Waals surface area (Å²) in [4.78, 5) is 14.0. The highest BCUT2D eigenvalue weighted by Gasteiger charge is 2.20. The molecule has 1 aromatic rings. The van der Waals surface area contributed by atoms with Crippen LogP contribution in [0.1, 0.15) is 23.7 Å². The van der Waals surface area contributed by atoms with Gasteiger partial charge >= 0.3 is 0 Å². The van der Waals surface area contributed by atoms with Crippen LogP contribution >= 0.6 is 12.2 Å². The van der Waals surface area contributed by atoms with Crippen molar-refractivity contribution in [3.63, 3.8) is 0 Å². The highest BCUT2D eigenvalue weighted by atomic mass is 32.1. The van der Waals surface area contributed by atoms with Crippen LogP contribution in [0.2, 0.25) is 0 Å². The third kappa shape index (κ3) is 3.42. The van der Waals surface area contributed by atoms with E-state index < -0.39 is 0 Å². The Labute approximate surface area is 106 Å². The van der Waals surface area contributed by atoms with Crippen molar-refractivity contribution < 1.29 is 9.90 Å². The van der Waals surface area contributed by atoms with Gasteiger partial charge in [0.2, 0.25) is 0 Å². The molecule has 0 heterocycles. The van der Waals surface area contributed by atoms with Crippen molar-refractivity contribution in [3.8, 4) is 5.75 Å². The fraction of sp³-hybridized carbons (Fsp3) is 0.333. The molecule has 0 radical (unpaired) electrons. The predicted molar refractivity (Wildman–Crippen MR) is 71.1 cm³/mol. The number of carbonyl (C=O) groups excluding carboxylic acids is 1. The molecule has 0 saturated carbocycles. The quantitative estimate of drug-likeness (QED) is 0.797. The minimum absolute atomic E-state index is 0.0214. The summed E-state index contributed by atoms with van der Waals surface area (Å²) in [6.07, 6.45) is 0.463. The number of para-hydroxylation sites is 1. The lowest BCUT2D eigenvalue weighted by Crippen LogP contribution is -2.37. The summed E-state index contributed by atoms with van der Waals surface area (Å²) < 4.78 is 0. The normalized spacial score (nSPS) is 11.9. The topological polar surface area (TPSA) is 66.6 Å². The average molecular weight is 252 g/mol.